The summed E-state index contributed by atoms with van der Waals surface area (Å²) in [6.07, 6.45) is 2.94. The fraction of sp³-hybridized carbons (Fsp3) is 0.355. The van der Waals surface area contributed by atoms with Crippen LogP contribution in [0, 0.1) is 19.7 Å². The van der Waals surface area contributed by atoms with Crippen LogP contribution in [0.2, 0.25) is 0 Å². The van der Waals surface area contributed by atoms with Gasteiger partial charge in [-0.1, -0.05) is 66.2 Å². The predicted molar refractivity (Wildman–Crippen MR) is 141 cm³/mol. The molecule has 5 heteroatoms. The maximum atomic E-state index is 13.6. The van der Waals surface area contributed by atoms with Crippen molar-refractivity contribution in [2.75, 3.05) is 19.6 Å². The fourth-order valence-electron chi connectivity index (χ4n) is 5.21. The monoisotopic (exact) mass is 486 g/mol. The van der Waals surface area contributed by atoms with E-state index >= 15 is 0 Å². The van der Waals surface area contributed by atoms with Crippen molar-refractivity contribution in [3.63, 3.8) is 0 Å². The highest BCUT2D eigenvalue weighted by molar-refractivity contribution is 5.89. The summed E-state index contributed by atoms with van der Waals surface area (Å²) < 4.78 is 13.1. The minimum atomic E-state index is -0.642. The van der Waals surface area contributed by atoms with E-state index in [0.29, 0.717) is 45.3 Å². The Balaban J connectivity index is 1.38. The molecule has 2 amide bonds. The Kier molecular flexibility index (Phi) is 8.19. The molecule has 4 rings (SSSR count). The molecule has 36 heavy (non-hydrogen) atoms. The number of benzene rings is 3. The van der Waals surface area contributed by atoms with E-state index < -0.39 is 5.41 Å². The predicted octanol–water partition coefficient (Wildman–Crippen LogP) is 5.29. The summed E-state index contributed by atoms with van der Waals surface area (Å²) in [5.41, 5.74) is 5.04. The van der Waals surface area contributed by atoms with Gasteiger partial charge >= 0.3 is 0 Å². The Labute approximate surface area is 213 Å². The lowest BCUT2D eigenvalue weighted by atomic mass is 9.72. The van der Waals surface area contributed by atoms with Crippen LogP contribution < -0.4 is 5.32 Å². The first kappa shape index (κ1) is 25.6. The summed E-state index contributed by atoms with van der Waals surface area (Å²) in [6, 6.07) is 22.7. The van der Waals surface area contributed by atoms with Crippen molar-refractivity contribution in [2.45, 2.75) is 51.4 Å². The van der Waals surface area contributed by atoms with Gasteiger partial charge in [-0.3, -0.25) is 9.59 Å². The van der Waals surface area contributed by atoms with Crippen LogP contribution in [0.25, 0.3) is 0 Å². The van der Waals surface area contributed by atoms with E-state index in [1.54, 1.807) is 12.1 Å². The second-order valence-corrected chi connectivity index (χ2v) is 9.89. The molecule has 1 fully saturated rings. The average molecular weight is 487 g/mol. The maximum absolute atomic E-state index is 13.6. The summed E-state index contributed by atoms with van der Waals surface area (Å²) >= 11 is 0. The zero-order valence-electron chi connectivity index (χ0n) is 21.2. The van der Waals surface area contributed by atoms with Crippen molar-refractivity contribution in [1.82, 2.24) is 10.2 Å². The van der Waals surface area contributed by atoms with E-state index in [2.05, 4.69) is 37.4 Å². The van der Waals surface area contributed by atoms with Crippen molar-refractivity contribution in [2.24, 2.45) is 0 Å². The Morgan fingerprint density at radius 3 is 2.28 bits per heavy atom. The maximum Gasteiger partial charge on any atom is 0.230 e. The van der Waals surface area contributed by atoms with Crippen LogP contribution in [0.5, 0.6) is 0 Å². The molecule has 0 spiro atoms. The second kappa shape index (κ2) is 11.5. The molecule has 1 aliphatic heterocycles. The van der Waals surface area contributed by atoms with Gasteiger partial charge < -0.3 is 10.2 Å². The largest absolute Gasteiger partial charge is 0.355 e. The number of hydrogen-bond acceptors (Lipinski definition) is 2. The van der Waals surface area contributed by atoms with Gasteiger partial charge in [-0.15, -0.1) is 0 Å². The number of rotatable bonds is 8. The number of nitrogens with one attached hydrogen (secondary N) is 1. The van der Waals surface area contributed by atoms with Crippen LogP contribution in [-0.2, 0) is 27.8 Å². The highest BCUT2D eigenvalue weighted by Crippen LogP contribution is 2.36. The first-order valence-corrected chi connectivity index (χ1v) is 12.8. The Bertz CT molecular complexity index is 1180. The fourth-order valence-corrected chi connectivity index (χ4v) is 5.21. The van der Waals surface area contributed by atoms with Crippen molar-refractivity contribution in [3.8, 4) is 0 Å². The van der Waals surface area contributed by atoms with Gasteiger partial charge in [-0.05, 0) is 73.9 Å². The van der Waals surface area contributed by atoms with E-state index in [0.717, 1.165) is 17.5 Å². The zero-order valence-corrected chi connectivity index (χ0v) is 21.2. The molecule has 0 bridgehead atoms. The average Bonchev–Trinajstić information content (AvgIpc) is 2.90. The second-order valence-electron chi connectivity index (χ2n) is 9.89. The van der Waals surface area contributed by atoms with Gasteiger partial charge in [-0.25, -0.2) is 4.39 Å². The van der Waals surface area contributed by atoms with E-state index in [1.165, 1.54) is 28.8 Å². The van der Waals surface area contributed by atoms with Crippen LogP contribution in [0.4, 0.5) is 4.39 Å². The highest BCUT2D eigenvalue weighted by atomic mass is 19.1. The van der Waals surface area contributed by atoms with Crippen molar-refractivity contribution in [3.05, 3.63) is 106 Å². The molecule has 1 N–H and O–H groups in total. The van der Waals surface area contributed by atoms with Crippen molar-refractivity contribution < 1.29 is 14.0 Å². The molecule has 1 aliphatic rings. The van der Waals surface area contributed by atoms with Gasteiger partial charge in [0.1, 0.15) is 5.82 Å². The van der Waals surface area contributed by atoms with Gasteiger partial charge in [-0.2, -0.15) is 0 Å². The molecule has 0 atom stereocenters. The molecular formula is C31H35FN2O2. The number of amides is 2. The molecule has 4 nitrogen and oxygen atoms in total. The summed E-state index contributed by atoms with van der Waals surface area (Å²) in [4.78, 5) is 28.4. The molecule has 1 heterocycles. The van der Waals surface area contributed by atoms with Crippen LogP contribution in [-0.4, -0.2) is 36.3 Å². The minimum Gasteiger partial charge on any atom is -0.355 e. The van der Waals surface area contributed by atoms with Crippen molar-refractivity contribution in [1.29, 1.82) is 0 Å². The lowest BCUT2D eigenvalue weighted by molar-refractivity contribution is -0.136. The van der Waals surface area contributed by atoms with Gasteiger partial charge in [0.15, 0.2) is 0 Å². The standard InChI is InChI=1S/C31H35FN2O2/c1-23-8-12-26(24(2)22-23)16-19-33-30(36)31(27-6-4-3-5-7-27)17-20-34(21-18-31)29(35)15-11-25-9-13-28(32)14-10-25/h3-10,12-14,22H,11,15-21H2,1-2H3,(H,33,36). The molecule has 3 aromatic carbocycles. The molecule has 188 valence electrons. The molecule has 0 unspecified atom stereocenters. The van der Waals surface area contributed by atoms with E-state index in [-0.39, 0.29) is 17.6 Å². The Hall–Kier alpha value is -3.47. The molecule has 0 saturated carbocycles. The third kappa shape index (κ3) is 6.01. The van der Waals surface area contributed by atoms with Crippen LogP contribution in [0.15, 0.2) is 72.8 Å². The number of likely N-dealkylation sites (tertiary alicyclic amines) is 1. The minimum absolute atomic E-state index is 0.0388. The Morgan fingerprint density at radius 2 is 1.61 bits per heavy atom. The molecule has 1 saturated heterocycles. The summed E-state index contributed by atoms with van der Waals surface area (Å²) in [7, 11) is 0. The third-order valence-electron chi connectivity index (χ3n) is 7.45. The van der Waals surface area contributed by atoms with Crippen molar-refractivity contribution >= 4 is 11.8 Å². The van der Waals surface area contributed by atoms with E-state index in [4.69, 9.17) is 0 Å². The zero-order chi connectivity index (χ0) is 25.5. The lowest BCUT2D eigenvalue weighted by Crippen LogP contribution is -2.53. The first-order chi connectivity index (χ1) is 17.4. The van der Waals surface area contributed by atoms with Crippen LogP contribution >= 0.6 is 0 Å². The van der Waals surface area contributed by atoms with Gasteiger partial charge in [0.25, 0.3) is 0 Å². The van der Waals surface area contributed by atoms with Crippen LogP contribution in [0.1, 0.15) is 47.1 Å². The Morgan fingerprint density at radius 1 is 0.917 bits per heavy atom. The number of piperidine rings is 1. The first-order valence-electron chi connectivity index (χ1n) is 12.8. The number of halogens is 1. The van der Waals surface area contributed by atoms with E-state index in [1.807, 2.05) is 35.2 Å². The number of aryl methyl sites for hydroxylation is 3. The molecule has 0 aliphatic carbocycles. The highest BCUT2D eigenvalue weighted by Gasteiger charge is 2.43. The number of nitrogens with zero attached hydrogens (tertiary/aromatic N) is 1. The quantitative estimate of drug-likeness (QED) is 0.470. The summed E-state index contributed by atoms with van der Waals surface area (Å²) in [5.74, 6) is -0.154. The summed E-state index contributed by atoms with van der Waals surface area (Å²) in [6.45, 7) is 5.86. The smallest absolute Gasteiger partial charge is 0.230 e. The number of carbonyl (C=O) groups excluding carboxylic acids is 2. The van der Waals surface area contributed by atoms with Gasteiger partial charge in [0.2, 0.25) is 11.8 Å². The molecule has 0 aromatic heterocycles. The van der Waals surface area contributed by atoms with Gasteiger partial charge in [0, 0.05) is 26.1 Å². The van der Waals surface area contributed by atoms with Crippen LogP contribution in [0.3, 0.4) is 0 Å². The third-order valence-corrected chi connectivity index (χ3v) is 7.45. The topological polar surface area (TPSA) is 49.4 Å². The molecule has 0 radical (unpaired) electrons. The SMILES string of the molecule is Cc1ccc(CCNC(=O)C2(c3ccccc3)CCN(C(=O)CCc3ccc(F)cc3)CC2)c(C)c1. The number of carbonyl (C=O) groups is 2. The van der Waals surface area contributed by atoms with Gasteiger partial charge in [0.05, 0.1) is 5.41 Å². The molecular weight excluding hydrogens is 451 g/mol. The number of hydrogen-bond donors (Lipinski definition) is 1. The summed E-state index contributed by atoms with van der Waals surface area (Å²) in [5, 5.41) is 3.20. The molecule has 3 aromatic rings. The van der Waals surface area contributed by atoms with E-state index in [9.17, 15) is 14.0 Å². The normalized spacial score (nSPS) is 14.9. The lowest BCUT2D eigenvalue weighted by Gasteiger charge is -2.41.